The second-order valence-corrected chi connectivity index (χ2v) is 10.9. The summed E-state index contributed by atoms with van der Waals surface area (Å²) in [6, 6.07) is 13.4. The van der Waals surface area contributed by atoms with Gasteiger partial charge in [0.2, 0.25) is 11.4 Å². The van der Waals surface area contributed by atoms with Crippen LogP contribution in [0.5, 0.6) is 0 Å². The van der Waals surface area contributed by atoms with Gasteiger partial charge in [0.25, 0.3) is 0 Å². The zero-order chi connectivity index (χ0) is 22.5. The molecule has 0 amide bonds. The van der Waals surface area contributed by atoms with Crippen molar-refractivity contribution in [3.63, 3.8) is 0 Å². The molecule has 3 heterocycles. The number of pyridine rings is 2. The minimum Gasteiger partial charge on any atom is -0.437 e. The molecule has 0 N–H and O–H groups in total. The van der Waals surface area contributed by atoms with Crippen molar-refractivity contribution in [1.82, 2.24) is 4.98 Å². The summed E-state index contributed by atoms with van der Waals surface area (Å²) in [7, 11) is 2.12. The molecule has 0 saturated heterocycles. The van der Waals surface area contributed by atoms with E-state index >= 15 is 0 Å². The third-order valence-electron chi connectivity index (χ3n) is 6.97. The molecular formula is C29H35N2O+. The van der Waals surface area contributed by atoms with Gasteiger partial charge in [-0.05, 0) is 54.9 Å². The van der Waals surface area contributed by atoms with Crippen LogP contribution >= 0.6 is 0 Å². The number of aryl methyl sites for hydroxylation is 2. The summed E-state index contributed by atoms with van der Waals surface area (Å²) in [4.78, 5) is 5.02. The average molecular weight is 428 g/mol. The number of rotatable bonds is 3. The Balaban J connectivity index is 1.66. The lowest BCUT2D eigenvalue weighted by Gasteiger charge is -2.20. The van der Waals surface area contributed by atoms with Gasteiger partial charge in [-0.3, -0.25) is 0 Å². The molecule has 0 bridgehead atoms. The number of benzene rings is 1. The standard InChI is InChI=1S/C29H35N2O/c1-19-11-12-22-23-13-14-24(21-9-7-6-8-10-21)30-28(23)32-27(22)26(19)25-17-20(15-16-31(25)5)18-29(2,3)4/h11-17,21H,6-10,18H2,1-5H3/q+1. The first kappa shape index (κ1) is 21.2. The van der Waals surface area contributed by atoms with E-state index in [1.807, 2.05) is 0 Å². The van der Waals surface area contributed by atoms with Crippen LogP contribution in [-0.4, -0.2) is 4.98 Å². The highest BCUT2D eigenvalue weighted by molar-refractivity contribution is 6.08. The maximum absolute atomic E-state index is 6.52. The predicted octanol–water partition coefficient (Wildman–Crippen LogP) is 7.42. The van der Waals surface area contributed by atoms with Crippen molar-refractivity contribution in [3.8, 4) is 11.3 Å². The molecule has 3 nitrogen and oxygen atoms in total. The Morgan fingerprint density at radius 1 is 1.00 bits per heavy atom. The van der Waals surface area contributed by atoms with E-state index in [0.717, 1.165) is 28.5 Å². The lowest BCUT2D eigenvalue weighted by atomic mass is 9.86. The number of nitrogens with zero attached hydrogens (tertiary/aromatic N) is 2. The van der Waals surface area contributed by atoms with E-state index in [1.54, 1.807) is 0 Å². The fraction of sp³-hybridized carbons (Fsp3) is 0.448. The minimum absolute atomic E-state index is 0.247. The first-order chi connectivity index (χ1) is 15.3. The zero-order valence-corrected chi connectivity index (χ0v) is 20.2. The first-order valence-electron chi connectivity index (χ1n) is 12.1. The van der Waals surface area contributed by atoms with Crippen LogP contribution in [0.2, 0.25) is 0 Å². The third-order valence-corrected chi connectivity index (χ3v) is 6.97. The van der Waals surface area contributed by atoms with Crippen molar-refractivity contribution in [1.29, 1.82) is 0 Å². The number of hydrogen-bond acceptors (Lipinski definition) is 2. The number of aromatic nitrogens is 2. The Bertz CT molecular complexity index is 1290. The van der Waals surface area contributed by atoms with Crippen molar-refractivity contribution in [3.05, 3.63) is 59.4 Å². The molecule has 0 spiro atoms. The van der Waals surface area contributed by atoms with Gasteiger partial charge in [-0.2, -0.15) is 0 Å². The topological polar surface area (TPSA) is 29.9 Å². The van der Waals surface area contributed by atoms with E-state index in [-0.39, 0.29) is 5.41 Å². The molecule has 1 fully saturated rings. The van der Waals surface area contributed by atoms with Gasteiger partial charge in [0, 0.05) is 34.5 Å². The van der Waals surface area contributed by atoms with E-state index in [4.69, 9.17) is 9.40 Å². The van der Waals surface area contributed by atoms with Gasteiger partial charge in [0.15, 0.2) is 11.8 Å². The molecule has 1 aromatic carbocycles. The first-order valence-corrected chi connectivity index (χ1v) is 12.1. The average Bonchev–Trinajstić information content (AvgIpc) is 3.12. The Morgan fingerprint density at radius 2 is 1.75 bits per heavy atom. The van der Waals surface area contributed by atoms with Gasteiger partial charge in [0.1, 0.15) is 7.05 Å². The van der Waals surface area contributed by atoms with Crippen LogP contribution in [-0.2, 0) is 13.5 Å². The molecule has 166 valence electrons. The molecule has 1 aliphatic rings. The van der Waals surface area contributed by atoms with Gasteiger partial charge in [-0.25, -0.2) is 9.55 Å². The van der Waals surface area contributed by atoms with E-state index in [1.165, 1.54) is 60.2 Å². The fourth-order valence-corrected chi connectivity index (χ4v) is 5.36. The van der Waals surface area contributed by atoms with Gasteiger partial charge >= 0.3 is 0 Å². The lowest BCUT2D eigenvalue weighted by Crippen LogP contribution is -2.31. The molecule has 0 radical (unpaired) electrons. The van der Waals surface area contributed by atoms with Crippen molar-refractivity contribution in [2.24, 2.45) is 12.5 Å². The Labute approximate surface area is 191 Å². The molecule has 3 heteroatoms. The number of hydrogen-bond donors (Lipinski definition) is 0. The molecule has 1 saturated carbocycles. The SMILES string of the molecule is Cc1ccc2c(oc3nc(C4CCCCC4)ccc32)c1-c1cc(CC(C)(C)C)cc[n+]1C. The fourth-order valence-electron chi connectivity index (χ4n) is 5.36. The summed E-state index contributed by atoms with van der Waals surface area (Å²) in [5, 5.41) is 2.28. The van der Waals surface area contributed by atoms with Crippen LogP contribution in [0.4, 0.5) is 0 Å². The minimum atomic E-state index is 0.247. The number of furan rings is 1. The lowest BCUT2D eigenvalue weighted by molar-refractivity contribution is -0.660. The van der Waals surface area contributed by atoms with Crippen LogP contribution in [0.15, 0.2) is 47.0 Å². The quantitative estimate of drug-likeness (QED) is 0.318. The molecule has 0 unspecified atom stereocenters. The molecule has 5 rings (SSSR count). The molecule has 32 heavy (non-hydrogen) atoms. The monoisotopic (exact) mass is 427 g/mol. The second kappa shape index (κ2) is 8.03. The smallest absolute Gasteiger partial charge is 0.227 e. The molecule has 1 aliphatic carbocycles. The third kappa shape index (κ3) is 3.94. The van der Waals surface area contributed by atoms with Crippen molar-refractivity contribution in [2.45, 2.75) is 72.1 Å². The molecule has 4 aromatic rings. The highest BCUT2D eigenvalue weighted by atomic mass is 16.3. The van der Waals surface area contributed by atoms with Crippen LogP contribution in [0.1, 0.15) is 75.6 Å². The maximum Gasteiger partial charge on any atom is 0.227 e. The van der Waals surface area contributed by atoms with E-state index in [2.05, 4.69) is 81.9 Å². The normalized spacial score (nSPS) is 15.7. The maximum atomic E-state index is 6.52. The molecule has 3 aromatic heterocycles. The predicted molar refractivity (Wildman–Crippen MR) is 132 cm³/mol. The van der Waals surface area contributed by atoms with Crippen molar-refractivity contribution < 1.29 is 8.98 Å². The summed E-state index contributed by atoms with van der Waals surface area (Å²) in [6.07, 6.45) is 9.71. The highest BCUT2D eigenvalue weighted by Gasteiger charge is 2.24. The van der Waals surface area contributed by atoms with Crippen molar-refractivity contribution in [2.75, 3.05) is 0 Å². The van der Waals surface area contributed by atoms with Crippen LogP contribution in [0, 0.1) is 12.3 Å². The summed E-state index contributed by atoms with van der Waals surface area (Å²) in [5.41, 5.74) is 8.15. The highest BCUT2D eigenvalue weighted by Crippen LogP contribution is 2.38. The van der Waals surface area contributed by atoms with E-state index in [0.29, 0.717) is 5.92 Å². The molecular weight excluding hydrogens is 392 g/mol. The van der Waals surface area contributed by atoms with Crippen LogP contribution in [0.25, 0.3) is 33.3 Å². The largest absolute Gasteiger partial charge is 0.437 e. The van der Waals surface area contributed by atoms with E-state index < -0.39 is 0 Å². The van der Waals surface area contributed by atoms with Crippen LogP contribution in [0.3, 0.4) is 0 Å². The summed E-state index contributed by atoms with van der Waals surface area (Å²) in [6.45, 7) is 9.06. The summed E-state index contributed by atoms with van der Waals surface area (Å²) < 4.78 is 8.73. The number of fused-ring (bicyclic) bond motifs is 3. The van der Waals surface area contributed by atoms with Gasteiger partial charge in [-0.1, -0.05) is 52.2 Å². The summed E-state index contributed by atoms with van der Waals surface area (Å²) >= 11 is 0. The Kier molecular flexibility index (Phi) is 5.31. The molecule has 0 atom stereocenters. The van der Waals surface area contributed by atoms with E-state index in [9.17, 15) is 0 Å². The van der Waals surface area contributed by atoms with Gasteiger partial charge < -0.3 is 4.42 Å². The Hall–Kier alpha value is -2.68. The van der Waals surface area contributed by atoms with Crippen molar-refractivity contribution >= 4 is 22.1 Å². The van der Waals surface area contributed by atoms with Gasteiger partial charge in [0.05, 0.1) is 5.56 Å². The Morgan fingerprint density at radius 3 is 2.50 bits per heavy atom. The molecule has 0 aliphatic heterocycles. The summed E-state index contributed by atoms with van der Waals surface area (Å²) in [5.74, 6) is 0.578. The van der Waals surface area contributed by atoms with Crippen LogP contribution < -0.4 is 4.57 Å². The van der Waals surface area contributed by atoms with Gasteiger partial charge in [-0.15, -0.1) is 0 Å². The zero-order valence-electron chi connectivity index (χ0n) is 20.2. The second-order valence-electron chi connectivity index (χ2n) is 10.9.